The maximum absolute atomic E-state index is 11.0. The molecule has 1 aromatic rings. The second-order valence-corrected chi connectivity index (χ2v) is 5.47. The molecule has 0 radical (unpaired) electrons. The topological polar surface area (TPSA) is 59.0 Å². The van der Waals surface area contributed by atoms with Crippen LogP contribution in [0.15, 0.2) is 43.5 Å². The van der Waals surface area contributed by atoms with Crippen LogP contribution in [-0.2, 0) is 22.5 Å². The zero-order valence-corrected chi connectivity index (χ0v) is 13.2. The Morgan fingerprint density at radius 3 is 2.96 bits per heavy atom. The quantitative estimate of drug-likeness (QED) is 0.745. The zero-order chi connectivity index (χ0) is 16.7. The van der Waals surface area contributed by atoms with E-state index in [1.807, 2.05) is 18.2 Å². The average molecular weight is 317 g/mol. The van der Waals surface area contributed by atoms with E-state index in [1.54, 1.807) is 6.08 Å². The van der Waals surface area contributed by atoms with Gasteiger partial charge in [-0.25, -0.2) is 4.79 Å². The molecule has 0 bridgehead atoms. The Balaban J connectivity index is 2.07. The van der Waals surface area contributed by atoms with Gasteiger partial charge in [0.1, 0.15) is 12.4 Å². The number of allylic oxidation sites excluding steroid dienone is 1. The second kappa shape index (κ2) is 8.50. The van der Waals surface area contributed by atoms with Gasteiger partial charge in [0.05, 0.1) is 6.61 Å². The molecule has 0 aromatic heterocycles. The summed E-state index contributed by atoms with van der Waals surface area (Å²) in [6.07, 6.45) is 3.54. The van der Waals surface area contributed by atoms with Crippen molar-refractivity contribution in [3.05, 3.63) is 54.6 Å². The van der Waals surface area contributed by atoms with E-state index in [0.29, 0.717) is 26.3 Å². The van der Waals surface area contributed by atoms with Gasteiger partial charge in [-0.15, -0.1) is 6.58 Å². The fourth-order valence-electron chi connectivity index (χ4n) is 2.59. The summed E-state index contributed by atoms with van der Waals surface area (Å²) in [6.45, 7) is 10.2. The number of aliphatic carboxylic acids is 1. The molecule has 1 saturated heterocycles. The molecule has 0 aliphatic carbocycles. The van der Waals surface area contributed by atoms with Crippen LogP contribution < -0.4 is 4.74 Å². The highest BCUT2D eigenvalue weighted by molar-refractivity contribution is 5.72. The lowest BCUT2D eigenvalue weighted by Crippen LogP contribution is -2.45. The molecule has 1 heterocycles. The summed E-state index contributed by atoms with van der Waals surface area (Å²) in [6, 6.07) is 6.05. The van der Waals surface area contributed by atoms with Gasteiger partial charge in [0.15, 0.2) is 6.10 Å². The summed E-state index contributed by atoms with van der Waals surface area (Å²) in [5.41, 5.74) is 2.20. The van der Waals surface area contributed by atoms with Gasteiger partial charge in [0.2, 0.25) is 0 Å². The van der Waals surface area contributed by atoms with Crippen LogP contribution in [0.25, 0.3) is 0 Å². The summed E-state index contributed by atoms with van der Waals surface area (Å²) in [7, 11) is 0. The molecule has 1 fully saturated rings. The first-order valence-corrected chi connectivity index (χ1v) is 7.67. The average Bonchev–Trinajstić information content (AvgIpc) is 2.55. The van der Waals surface area contributed by atoms with Gasteiger partial charge in [0.25, 0.3) is 0 Å². The minimum absolute atomic E-state index is 0.404. The minimum atomic E-state index is -0.907. The summed E-state index contributed by atoms with van der Waals surface area (Å²) >= 11 is 0. The molecule has 1 N–H and O–H groups in total. The van der Waals surface area contributed by atoms with Gasteiger partial charge in [-0.2, -0.15) is 0 Å². The number of carbonyl (C=O) groups is 1. The number of carboxylic acid groups (broad SMARTS) is 1. The molecule has 1 aliphatic rings. The fraction of sp³-hybridized carbons (Fsp3) is 0.389. The number of ether oxygens (including phenoxy) is 2. The van der Waals surface area contributed by atoms with Crippen molar-refractivity contribution >= 4 is 5.97 Å². The summed E-state index contributed by atoms with van der Waals surface area (Å²) < 4.78 is 10.9. The number of nitrogens with zero attached hydrogens (tertiary/aromatic N) is 1. The zero-order valence-electron chi connectivity index (χ0n) is 13.2. The number of morpholine rings is 1. The Hall–Kier alpha value is -2.11. The van der Waals surface area contributed by atoms with Crippen molar-refractivity contribution in [3.63, 3.8) is 0 Å². The normalized spacial score (nSPS) is 18.3. The minimum Gasteiger partial charge on any atom is -0.489 e. The van der Waals surface area contributed by atoms with Gasteiger partial charge < -0.3 is 14.6 Å². The molecule has 5 nitrogen and oxygen atoms in total. The van der Waals surface area contributed by atoms with E-state index in [4.69, 9.17) is 14.6 Å². The Bertz CT molecular complexity index is 570. The first-order chi connectivity index (χ1) is 11.1. The van der Waals surface area contributed by atoms with Gasteiger partial charge in [-0.1, -0.05) is 30.9 Å². The molecule has 1 atom stereocenters. The van der Waals surface area contributed by atoms with E-state index in [9.17, 15) is 4.79 Å². The van der Waals surface area contributed by atoms with Crippen molar-refractivity contribution in [2.75, 3.05) is 26.3 Å². The van der Waals surface area contributed by atoms with Crippen molar-refractivity contribution in [3.8, 4) is 5.75 Å². The van der Waals surface area contributed by atoms with E-state index in [-0.39, 0.29) is 0 Å². The van der Waals surface area contributed by atoms with Crippen LogP contribution in [0.2, 0.25) is 0 Å². The first kappa shape index (κ1) is 17.2. The van der Waals surface area contributed by atoms with Crippen LogP contribution in [0.1, 0.15) is 11.1 Å². The lowest BCUT2D eigenvalue weighted by Gasteiger charge is -2.30. The maximum atomic E-state index is 11.0. The van der Waals surface area contributed by atoms with Crippen LogP contribution in [0.3, 0.4) is 0 Å². The van der Waals surface area contributed by atoms with Crippen molar-refractivity contribution in [1.29, 1.82) is 0 Å². The predicted molar refractivity (Wildman–Crippen MR) is 88.7 cm³/mol. The number of rotatable bonds is 8. The summed E-state index contributed by atoms with van der Waals surface area (Å²) in [5.74, 6) is -0.0749. The second-order valence-electron chi connectivity index (χ2n) is 5.47. The van der Waals surface area contributed by atoms with Crippen LogP contribution in [0.5, 0.6) is 5.75 Å². The van der Waals surface area contributed by atoms with Gasteiger partial charge in [-0.05, 0) is 23.6 Å². The van der Waals surface area contributed by atoms with Crippen molar-refractivity contribution in [2.45, 2.75) is 19.1 Å². The van der Waals surface area contributed by atoms with E-state index in [1.165, 1.54) is 0 Å². The predicted octanol–water partition coefficient (Wildman–Crippen LogP) is 2.27. The summed E-state index contributed by atoms with van der Waals surface area (Å²) in [5, 5.41) is 9.07. The Morgan fingerprint density at radius 1 is 1.43 bits per heavy atom. The number of carboxylic acids is 1. The molecule has 0 spiro atoms. The molecule has 124 valence electrons. The van der Waals surface area contributed by atoms with E-state index in [0.717, 1.165) is 29.8 Å². The smallest absolute Gasteiger partial charge is 0.334 e. The molecule has 0 saturated carbocycles. The van der Waals surface area contributed by atoms with E-state index in [2.05, 4.69) is 24.1 Å². The first-order valence-electron chi connectivity index (χ1n) is 7.67. The van der Waals surface area contributed by atoms with Crippen LogP contribution in [0.4, 0.5) is 0 Å². The van der Waals surface area contributed by atoms with Crippen LogP contribution in [-0.4, -0.2) is 48.4 Å². The molecule has 23 heavy (non-hydrogen) atoms. The highest BCUT2D eigenvalue weighted by atomic mass is 16.5. The van der Waals surface area contributed by atoms with Crippen LogP contribution in [0, 0.1) is 0 Å². The standard InChI is InChI=1S/C18H23NO4/c1-3-5-15-11-14(6-7-16(15)22-9-4-2)12-19-8-10-23-17(13-19)18(20)21/h3-4,6-7,11,17H,1-2,5,8-10,12-13H2,(H,20,21). The molecule has 1 unspecified atom stereocenters. The Morgan fingerprint density at radius 2 is 2.26 bits per heavy atom. The number of hydrogen-bond donors (Lipinski definition) is 1. The van der Waals surface area contributed by atoms with Gasteiger partial charge >= 0.3 is 5.97 Å². The molecule has 1 aliphatic heterocycles. The van der Waals surface area contributed by atoms with Crippen molar-refractivity contribution < 1.29 is 19.4 Å². The third kappa shape index (κ3) is 4.94. The molecule has 5 heteroatoms. The molecule has 2 rings (SSSR count). The summed E-state index contributed by atoms with van der Waals surface area (Å²) in [4.78, 5) is 13.1. The van der Waals surface area contributed by atoms with Crippen LogP contribution >= 0.6 is 0 Å². The van der Waals surface area contributed by atoms with Gasteiger partial charge in [-0.3, -0.25) is 4.90 Å². The Labute approximate surface area is 136 Å². The number of hydrogen-bond acceptors (Lipinski definition) is 4. The molecular formula is C18H23NO4. The maximum Gasteiger partial charge on any atom is 0.334 e. The monoisotopic (exact) mass is 317 g/mol. The van der Waals surface area contributed by atoms with Crippen molar-refractivity contribution in [2.24, 2.45) is 0 Å². The molecule has 0 amide bonds. The number of benzene rings is 1. The van der Waals surface area contributed by atoms with E-state index >= 15 is 0 Å². The van der Waals surface area contributed by atoms with Crippen molar-refractivity contribution in [1.82, 2.24) is 4.90 Å². The highest BCUT2D eigenvalue weighted by Crippen LogP contribution is 2.22. The third-order valence-corrected chi connectivity index (χ3v) is 3.68. The SMILES string of the molecule is C=CCOc1ccc(CN2CCOC(C(=O)O)C2)cc1CC=C. The molecular weight excluding hydrogens is 294 g/mol. The lowest BCUT2D eigenvalue weighted by atomic mass is 10.1. The fourth-order valence-corrected chi connectivity index (χ4v) is 2.59. The Kier molecular flexibility index (Phi) is 6.38. The highest BCUT2D eigenvalue weighted by Gasteiger charge is 2.26. The molecule has 1 aromatic carbocycles. The lowest BCUT2D eigenvalue weighted by molar-refractivity contribution is -0.156. The van der Waals surface area contributed by atoms with Gasteiger partial charge in [0, 0.05) is 19.6 Å². The third-order valence-electron chi connectivity index (χ3n) is 3.68. The largest absolute Gasteiger partial charge is 0.489 e. The van der Waals surface area contributed by atoms with E-state index < -0.39 is 12.1 Å².